The second kappa shape index (κ2) is 9.13. The molecule has 0 radical (unpaired) electrons. The SMILES string of the molecule is O=C1[C@H]2[C@@H](c3ccc(-c4ccc(Cl)cc4Cl)o3)N(c3ccccc3)O[C@H]2C(=O)N1Cc1ccccc1. The average Bonchev–Trinajstić information content (AvgIpc) is 3.57. The number of para-hydroxylation sites is 1. The number of carbonyl (C=O) groups excluding carboxylic acids is 2. The van der Waals surface area contributed by atoms with E-state index in [0.717, 1.165) is 11.3 Å². The van der Waals surface area contributed by atoms with Crippen molar-refractivity contribution in [1.82, 2.24) is 4.90 Å². The van der Waals surface area contributed by atoms with Gasteiger partial charge in [-0.1, -0.05) is 71.7 Å². The number of anilines is 1. The quantitative estimate of drug-likeness (QED) is 0.290. The molecule has 2 fully saturated rings. The fourth-order valence-electron chi connectivity index (χ4n) is 4.83. The van der Waals surface area contributed by atoms with Crippen LogP contribution in [-0.4, -0.2) is 22.8 Å². The first-order valence-electron chi connectivity index (χ1n) is 11.5. The van der Waals surface area contributed by atoms with Gasteiger partial charge < -0.3 is 4.42 Å². The van der Waals surface area contributed by atoms with E-state index in [-0.39, 0.29) is 18.4 Å². The van der Waals surface area contributed by atoms with E-state index >= 15 is 0 Å². The Hall–Kier alpha value is -3.58. The Kier molecular flexibility index (Phi) is 5.80. The Morgan fingerprint density at radius 2 is 1.53 bits per heavy atom. The molecule has 3 heterocycles. The van der Waals surface area contributed by atoms with E-state index in [1.54, 1.807) is 35.4 Å². The number of hydroxylamine groups is 1. The molecule has 36 heavy (non-hydrogen) atoms. The van der Waals surface area contributed by atoms with Gasteiger partial charge in [0, 0.05) is 10.6 Å². The summed E-state index contributed by atoms with van der Waals surface area (Å²) in [6.45, 7) is 0.191. The molecule has 2 amide bonds. The number of likely N-dealkylation sites (tertiary alicyclic amines) is 1. The van der Waals surface area contributed by atoms with Gasteiger partial charge in [-0.2, -0.15) is 0 Å². The minimum Gasteiger partial charge on any atom is -0.459 e. The van der Waals surface area contributed by atoms with Gasteiger partial charge in [0.1, 0.15) is 23.5 Å². The third-order valence-electron chi connectivity index (χ3n) is 6.52. The summed E-state index contributed by atoms with van der Waals surface area (Å²) in [5.41, 5.74) is 2.26. The number of nitrogens with zero attached hydrogens (tertiary/aromatic N) is 2. The van der Waals surface area contributed by atoms with E-state index < -0.39 is 18.1 Å². The van der Waals surface area contributed by atoms with Crippen molar-refractivity contribution >= 4 is 40.7 Å². The van der Waals surface area contributed by atoms with Gasteiger partial charge in [-0.25, -0.2) is 5.06 Å². The molecule has 0 spiro atoms. The van der Waals surface area contributed by atoms with Crippen LogP contribution in [0.3, 0.4) is 0 Å². The number of hydrogen-bond donors (Lipinski definition) is 0. The van der Waals surface area contributed by atoms with E-state index in [1.807, 2.05) is 60.7 Å². The fraction of sp³-hybridized carbons (Fsp3) is 0.143. The molecule has 3 aromatic carbocycles. The van der Waals surface area contributed by atoms with Gasteiger partial charge in [-0.3, -0.25) is 19.3 Å². The van der Waals surface area contributed by atoms with Crippen LogP contribution in [0.4, 0.5) is 5.69 Å². The van der Waals surface area contributed by atoms with Crippen molar-refractivity contribution in [2.75, 3.05) is 5.06 Å². The number of fused-ring (bicyclic) bond motifs is 1. The lowest BCUT2D eigenvalue weighted by Crippen LogP contribution is -2.36. The van der Waals surface area contributed by atoms with Gasteiger partial charge >= 0.3 is 0 Å². The zero-order chi connectivity index (χ0) is 24.8. The fourth-order valence-corrected chi connectivity index (χ4v) is 5.33. The summed E-state index contributed by atoms with van der Waals surface area (Å²) in [5.74, 6) is -0.387. The summed E-state index contributed by atoms with van der Waals surface area (Å²) in [4.78, 5) is 34.4. The first kappa shape index (κ1) is 22.9. The van der Waals surface area contributed by atoms with Crippen molar-refractivity contribution in [2.45, 2.75) is 18.7 Å². The highest BCUT2D eigenvalue weighted by Gasteiger charge is 2.60. The van der Waals surface area contributed by atoms with Crippen LogP contribution in [0.15, 0.2) is 95.4 Å². The smallest absolute Gasteiger partial charge is 0.262 e. The molecule has 6 nitrogen and oxygen atoms in total. The van der Waals surface area contributed by atoms with E-state index in [0.29, 0.717) is 27.1 Å². The Morgan fingerprint density at radius 3 is 2.25 bits per heavy atom. The van der Waals surface area contributed by atoms with Crippen molar-refractivity contribution in [2.24, 2.45) is 5.92 Å². The van der Waals surface area contributed by atoms with Crippen molar-refractivity contribution in [1.29, 1.82) is 0 Å². The number of imide groups is 1. The van der Waals surface area contributed by atoms with Gasteiger partial charge in [-0.05, 0) is 48.0 Å². The summed E-state index contributed by atoms with van der Waals surface area (Å²) < 4.78 is 6.24. The van der Waals surface area contributed by atoms with Crippen LogP contribution in [-0.2, 0) is 21.0 Å². The predicted octanol–water partition coefficient (Wildman–Crippen LogP) is 6.30. The molecule has 2 aliphatic rings. The number of amides is 2. The molecule has 4 aromatic rings. The zero-order valence-corrected chi connectivity index (χ0v) is 20.4. The Bertz CT molecular complexity index is 1440. The number of furan rings is 1. The predicted molar refractivity (Wildman–Crippen MR) is 136 cm³/mol. The highest BCUT2D eigenvalue weighted by atomic mass is 35.5. The molecule has 0 aliphatic carbocycles. The number of benzene rings is 3. The largest absolute Gasteiger partial charge is 0.459 e. The molecule has 1 aromatic heterocycles. The van der Waals surface area contributed by atoms with Crippen LogP contribution in [0.5, 0.6) is 0 Å². The normalized spacial score (nSPS) is 21.3. The number of carbonyl (C=O) groups is 2. The highest BCUT2D eigenvalue weighted by Crippen LogP contribution is 2.48. The highest BCUT2D eigenvalue weighted by molar-refractivity contribution is 6.36. The maximum Gasteiger partial charge on any atom is 0.262 e. The Labute approximate surface area is 217 Å². The molecule has 0 unspecified atom stereocenters. The Balaban J connectivity index is 1.38. The minimum absolute atomic E-state index is 0.191. The molecule has 0 saturated carbocycles. The van der Waals surface area contributed by atoms with E-state index in [4.69, 9.17) is 32.5 Å². The third kappa shape index (κ3) is 3.88. The monoisotopic (exact) mass is 518 g/mol. The van der Waals surface area contributed by atoms with Gasteiger partial charge in [-0.15, -0.1) is 0 Å². The van der Waals surface area contributed by atoms with Crippen molar-refractivity contribution in [3.63, 3.8) is 0 Å². The first-order valence-corrected chi connectivity index (χ1v) is 12.2. The summed E-state index contributed by atoms with van der Waals surface area (Å²) >= 11 is 12.5. The summed E-state index contributed by atoms with van der Waals surface area (Å²) in [6, 6.07) is 26.9. The van der Waals surface area contributed by atoms with Crippen LogP contribution in [0, 0.1) is 5.92 Å². The number of halogens is 2. The van der Waals surface area contributed by atoms with Crippen LogP contribution >= 0.6 is 23.2 Å². The second-order valence-electron chi connectivity index (χ2n) is 8.73. The molecule has 0 N–H and O–H groups in total. The molecule has 2 saturated heterocycles. The summed E-state index contributed by atoms with van der Waals surface area (Å²) in [6.07, 6.45) is -0.945. The topological polar surface area (TPSA) is 63.0 Å². The molecular weight excluding hydrogens is 499 g/mol. The van der Waals surface area contributed by atoms with E-state index in [9.17, 15) is 9.59 Å². The van der Waals surface area contributed by atoms with Gasteiger partial charge in [0.15, 0.2) is 6.10 Å². The van der Waals surface area contributed by atoms with Crippen molar-refractivity contribution in [3.8, 4) is 11.3 Å². The summed E-state index contributed by atoms with van der Waals surface area (Å²) in [7, 11) is 0. The maximum absolute atomic E-state index is 13.7. The van der Waals surface area contributed by atoms with Gasteiger partial charge in [0.25, 0.3) is 5.91 Å². The molecule has 8 heteroatoms. The third-order valence-corrected chi connectivity index (χ3v) is 7.06. The first-order chi connectivity index (χ1) is 17.5. The molecule has 3 atom stereocenters. The second-order valence-corrected chi connectivity index (χ2v) is 9.58. The molecule has 0 bridgehead atoms. The van der Waals surface area contributed by atoms with Gasteiger partial charge in [0.05, 0.1) is 17.3 Å². The molecule has 2 aliphatic heterocycles. The van der Waals surface area contributed by atoms with Gasteiger partial charge in [0.2, 0.25) is 5.91 Å². The number of rotatable bonds is 5. The standard InChI is InChI=1S/C28H20Cl2N2O4/c29-18-11-12-20(21(30)15-18)22-13-14-23(35-22)25-24-26(36-32(25)19-9-5-2-6-10-19)28(34)31(27(24)33)16-17-7-3-1-4-8-17/h1-15,24-26H,16H2/t24-,25+,26+/m0/s1. The molecule has 180 valence electrons. The zero-order valence-electron chi connectivity index (χ0n) is 18.9. The summed E-state index contributed by atoms with van der Waals surface area (Å²) in [5, 5.41) is 2.58. The van der Waals surface area contributed by atoms with Crippen LogP contribution in [0.25, 0.3) is 11.3 Å². The lowest BCUT2D eigenvalue weighted by molar-refractivity contribution is -0.143. The van der Waals surface area contributed by atoms with Crippen molar-refractivity contribution in [3.05, 3.63) is 112 Å². The Morgan fingerprint density at radius 1 is 0.806 bits per heavy atom. The van der Waals surface area contributed by atoms with Crippen LogP contribution < -0.4 is 5.06 Å². The average molecular weight is 519 g/mol. The van der Waals surface area contributed by atoms with E-state index in [1.165, 1.54) is 4.90 Å². The molecule has 6 rings (SSSR count). The molecular formula is C28H20Cl2N2O4. The lowest BCUT2D eigenvalue weighted by Gasteiger charge is -2.27. The van der Waals surface area contributed by atoms with Crippen LogP contribution in [0.2, 0.25) is 10.0 Å². The van der Waals surface area contributed by atoms with E-state index in [2.05, 4.69) is 0 Å². The van der Waals surface area contributed by atoms with Crippen LogP contribution in [0.1, 0.15) is 17.4 Å². The maximum atomic E-state index is 13.7. The number of hydrogen-bond acceptors (Lipinski definition) is 5. The lowest BCUT2D eigenvalue weighted by atomic mass is 9.94. The minimum atomic E-state index is -0.945. The van der Waals surface area contributed by atoms with Crippen molar-refractivity contribution < 1.29 is 18.8 Å².